The molecule has 0 aromatic carbocycles. The fourth-order valence-corrected chi connectivity index (χ4v) is 5.06. The second-order valence-corrected chi connectivity index (χ2v) is 7.88. The van der Waals surface area contributed by atoms with Gasteiger partial charge < -0.3 is 5.73 Å². The van der Waals surface area contributed by atoms with Crippen molar-refractivity contribution in [1.82, 2.24) is 9.03 Å². The van der Waals surface area contributed by atoms with Crippen molar-refractivity contribution in [2.45, 2.75) is 70.1 Å². The van der Waals surface area contributed by atoms with Crippen molar-refractivity contribution < 1.29 is 8.42 Å². The molecule has 6 heteroatoms. The smallest absolute Gasteiger partial charge is 0.280 e. The Bertz CT molecular complexity index is 374. The van der Waals surface area contributed by atoms with Gasteiger partial charge in [0.05, 0.1) is 0 Å². The van der Waals surface area contributed by atoms with Gasteiger partial charge in [-0.15, -0.1) is 0 Å². The van der Waals surface area contributed by atoms with Crippen LogP contribution in [0.25, 0.3) is 0 Å². The summed E-state index contributed by atoms with van der Waals surface area (Å²) in [6.45, 7) is 5.59. The molecule has 2 fully saturated rings. The molecule has 3 N–H and O–H groups in total. The molecular weight excluding hydrogens is 238 g/mol. The summed E-state index contributed by atoms with van der Waals surface area (Å²) in [7, 11) is -3.37. The number of hydrogen-bond donors (Lipinski definition) is 2. The Morgan fingerprint density at radius 1 is 1.18 bits per heavy atom. The maximum absolute atomic E-state index is 12.3. The Hall–Kier alpha value is -0.170. The highest BCUT2D eigenvalue weighted by Crippen LogP contribution is 2.37. The number of nitrogens with one attached hydrogen (secondary N) is 1. The minimum absolute atomic E-state index is 0.101. The average Bonchev–Trinajstić information content (AvgIpc) is 2.36. The van der Waals surface area contributed by atoms with Crippen molar-refractivity contribution in [2.75, 3.05) is 0 Å². The molecule has 2 aliphatic rings. The predicted octanol–water partition coefficient (Wildman–Crippen LogP) is 0.573. The first-order chi connectivity index (χ1) is 7.69. The van der Waals surface area contributed by atoms with E-state index in [9.17, 15) is 8.42 Å². The van der Waals surface area contributed by atoms with Gasteiger partial charge in [0.15, 0.2) is 0 Å². The van der Waals surface area contributed by atoms with Gasteiger partial charge >= 0.3 is 0 Å². The van der Waals surface area contributed by atoms with E-state index >= 15 is 0 Å². The summed E-state index contributed by atoms with van der Waals surface area (Å²) < 4.78 is 29.1. The molecule has 2 atom stereocenters. The van der Waals surface area contributed by atoms with Crippen LogP contribution in [0.3, 0.4) is 0 Å². The van der Waals surface area contributed by atoms with E-state index in [0.717, 1.165) is 25.7 Å². The van der Waals surface area contributed by atoms with Gasteiger partial charge in [-0.05, 0) is 46.5 Å². The summed E-state index contributed by atoms with van der Waals surface area (Å²) in [4.78, 5) is 0. The number of fused-ring (bicyclic) bond motifs is 2. The van der Waals surface area contributed by atoms with Gasteiger partial charge in [0.25, 0.3) is 10.2 Å². The number of nitrogens with two attached hydrogens (primary N) is 1. The SMILES string of the molecule is CC(C)(C)NS(=O)(=O)N1C2CCC1CC(N)C2. The quantitative estimate of drug-likeness (QED) is 0.763. The molecule has 0 amide bonds. The van der Waals surface area contributed by atoms with Crippen LogP contribution in [0.5, 0.6) is 0 Å². The highest BCUT2D eigenvalue weighted by molar-refractivity contribution is 7.87. The average molecular weight is 261 g/mol. The van der Waals surface area contributed by atoms with Crippen molar-refractivity contribution >= 4 is 10.2 Å². The zero-order valence-corrected chi connectivity index (χ0v) is 11.6. The molecule has 0 aliphatic carbocycles. The first-order valence-electron chi connectivity index (χ1n) is 6.27. The molecule has 2 aliphatic heterocycles. The third kappa shape index (κ3) is 2.81. The second-order valence-electron chi connectivity index (χ2n) is 6.30. The van der Waals surface area contributed by atoms with E-state index in [-0.39, 0.29) is 18.1 Å². The minimum Gasteiger partial charge on any atom is -0.328 e. The Balaban J connectivity index is 2.18. The van der Waals surface area contributed by atoms with Crippen LogP contribution in [-0.2, 0) is 10.2 Å². The van der Waals surface area contributed by atoms with Crippen LogP contribution in [0.1, 0.15) is 46.5 Å². The van der Waals surface area contributed by atoms with Crippen molar-refractivity contribution in [3.8, 4) is 0 Å². The molecule has 100 valence electrons. The van der Waals surface area contributed by atoms with Gasteiger partial charge in [-0.1, -0.05) is 0 Å². The minimum atomic E-state index is -3.37. The van der Waals surface area contributed by atoms with Crippen molar-refractivity contribution in [1.29, 1.82) is 0 Å². The monoisotopic (exact) mass is 261 g/mol. The fraction of sp³-hybridized carbons (Fsp3) is 1.00. The van der Waals surface area contributed by atoms with Gasteiger partial charge in [0.2, 0.25) is 0 Å². The van der Waals surface area contributed by atoms with Crippen LogP contribution in [0, 0.1) is 0 Å². The lowest BCUT2D eigenvalue weighted by atomic mass is 10.0. The Labute approximate surface area is 104 Å². The summed E-state index contributed by atoms with van der Waals surface area (Å²) in [5, 5.41) is 0. The van der Waals surface area contributed by atoms with E-state index in [0.29, 0.717) is 0 Å². The molecule has 2 bridgehead atoms. The topological polar surface area (TPSA) is 75.4 Å². The molecule has 0 radical (unpaired) electrons. The van der Waals surface area contributed by atoms with Gasteiger partial charge in [0.1, 0.15) is 0 Å². The molecule has 0 spiro atoms. The maximum Gasteiger partial charge on any atom is 0.280 e. The van der Waals surface area contributed by atoms with Gasteiger partial charge in [-0.25, -0.2) is 0 Å². The number of nitrogens with zero attached hydrogens (tertiary/aromatic N) is 1. The molecule has 2 rings (SSSR count). The Kier molecular flexibility index (Phi) is 3.27. The van der Waals surface area contributed by atoms with E-state index in [1.807, 2.05) is 20.8 Å². The summed E-state index contributed by atoms with van der Waals surface area (Å²) in [5.74, 6) is 0. The number of piperidine rings is 1. The summed E-state index contributed by atoms with van der Waals surface area (Å²) in [6, 6.07) is 0.362. The van der Waals surface area contributed by atoms with Crippen LogP contribution in [-0.4, -0.2) is 36.4 Å². The first-order valence-corrected chi connectivity index (χ1v) is 7.71. The first kappa shape index (κ1) is 13.3. The van der Waals surface area contributed by atoms with Crippen LogP contribution in [0.2, 0.25) is 0 Å². The molecule has 0 saturated carbocycles. The van der Waals surface area contributed by atoms with E-state index in [4.69, 9.17) is 5.73 Å². The summed E-state index contributed by atoms with van der Waals surface area (Å²) >= 11 is 0. The molecule has 5 nitrogen and oxygen atoms in total. The summed E-state index contributed by atoms with van der Waals surface area (Å²) in [5.41, 5.74) is 5.51. The number of hydrogen-bond acceptors (Lipinski definition) is 3. The second kappa shape index (κ2) is 4.19. The molecule has 17 heavy (non-hydrogen) atoms. The Morgan fingerprint density at radius 2 is 1.65 bits per heavy atom. The van der Waals surface area contributed by atoms with E-state index in [2.05, 4.69) is 4.72 Å². The maximum atomic E-state index is 12.3. The van der Waals surface area contributed by atoms with Crippen LogP contribution in [0.4, 0.5) is 0 Å². The van der Waals surface area contributed by atoms with E-state index in [1.165, 1.54) is 0 Å². The molecule has 0 aromatic rings. The van der Waals surface area contributed by atoms with E-state index in [1.54, 1.807) is 4.31 Å². The molecule has 2 saturated heterocycles. The van der Waals surface area contributed by atoms with Crippen LogP contribution < -0.4 is 10.5 Å². The number of rotatable bonds is 2. The van der Waals surface area contributed by atoms with Crippen molar-refractivity contribution in [2.24, 2.45) is 5.73 Å². The molecule has 2 heterocycles. The standard InChI is InChI=1S/C11H23N3O2S/c1-11(2,3)13-17(15,16)14-9-4-5-10(14)7-8(12)6-9/h8-10,13H,4-7,12H2,1-3H3. The van der Waals surface area contributed by atoms with Crippen LogP contribution >= 0.6 is 0 Å². The van der Waals surface area contributed by atoms with Crippen molar-refractivity contribution in [3.05, 3.63) is 0 Å². The molecule has 0 aromatic heterocycles. The van der Waals surface area contributed by atoms with Gasteiger partial charge in [0, 0.05) is 23.7 Å². The third-order valence-corrected chi connectivity index (χ3v) is 5.44. The zero-order valence-electron chi connectivity index (χ0n) is 10.8. The normalized spacial score (nSPS) is 35.2. The van der Waals surface area contributed by atoms with Crippen molar-refractivity contribution in [3.63, 3.8) is 0 Å². The highest BCUT2D eigenvalue weighted by atomic mass is 32.2. The molecule has 2 unspecified atom stereocenters. The lowest BCUT2D eigenvalue weighted by molar-refractivity contribution is 0.222. The van der Waals surface area contributed by atoms with Gasteiger partial charge in [-0.3, -0.25) is 0 Å². The third-order valence-electron chi connectivity index (χ3n) is 3.42. The molecular formula is C11H23N3O2S. The Morgan fingerprint density at radius 3 is 2.06 bits per heavy atom. The fourth-order valence-electron chi connectivity index (χ4n) is 3.01. The van der Waals surface area contributed by atoms with Crippen LogP contribution in [0.15, 0.2) is 0 Å². The van der Waals surface area contributed by atoms with Gasteiger partial charge in [-0.2, -0.15) is 17.4 Å². The predicted molar refractivity (Wildman–Crippen MR) is 67.7 cm³/mol. The van der Waals surface area contributed by atoms with E-state index < -0.39 is 15.7 Å². The zero-order chi connectivity index (χ0) is 12.8. The lowest BCUT2D eigenvalue weighted by Crippen LogP contribution is -2.56. The lowest BCUT2D eigenvalue weighted by Gasteiger charge is -2.38. The summed E-state index contributed by atoms with van der Waals surface area (Å²) in [6.07, 6.45) is 3.48. The highest BCUT2D eigenvalue weighted by Gasteiger charge is 2.46. The largest absolute Gasteiger partial charge is 0.328 e.